The SMILES string of the molecule is c1ccc(-c2ccc(-c3cc4ccccc4cc3-c3ccc(N(c4ccc5c(c4)sc4ccccc45)c4cccc5c4C46c7c(cccc7N(c7ccccc7)c7ccccc7)CC4CCC6C5)cc3)cc2)cc1. The summed E-state index contributed by atoms with van der Waals surface area (Å²) in [6.45, 7) is 0. The molecular formula is C71H52N2S. The summed E-state index contributed by atoms with van der Waals surface area (Å²) < 4.78 is 2.63. The average Bonchev–Trinajstić information content (AvgIpc) is 4.21. The molecule has 3 unspecified atom stereocenters. The van der Waals surface area contributed by atoms with Crippen LogP contribution in [0.3, 0.4) is 0 Å². The molecule has 0 N–H and O–H groups in total. The van der Waals surface area contributed by atoms with Crippen molar-refractivity contribution in [2.45, 2.75) is 31.1 Å². The van der Waals surface area contributed by atoms with Gasteiger partial charge in [-0.3, -0.25) is 0 Å². The van der Waals surface area contributed by atoms with Gasteiger partial charge in [0.2, 0.25) is 0 Å². The van der Waals surface area contributed by atoms with Crippen LogP contribution in [0, 0.1) is 11.8 Å². The summed E-state index contributed by atoms with van der Waals surface area (Å²) in [5.41, 5.74) is 20.5. The van der Waals surface area contributed by atoms with Gasteiger partial charge in [0.05, 0.1) is 11.4 Å². The minimum atomic E-state index is -0.157. The lowest BCUT2D eigenvalue weighted by Gasteiger charge is -2.40. The number of benzene rings is 11. The van der Waals surface area contributed by atoms with Gasteiger partial charge in [-0.25, -0.2) is 0 Å². The highest BCUT2D eigenvalue weighted by Crippen LogP contribution is 2.69. The number of thiophene rings is 1. The van der Waals surface area contributed by atoms with Crippen molar-refractivity contribution >= 4 is 76.4 Å². The predicted octanol–water partition coefficient (Wildman–Crippen LogP) is 19.6. The zero-order chi connectivity index (χ0) is 48.7. The highest BCUT2D eigenvalue weighted by molar-refractivity contribution is 7.25. The van der Waals surface area contributed by atoms with Crippen molar-refractivity contribution in [3.8, 4) is 33.4 Å². The standard InChI is InChI=1S/C71H52N2S/c1-4-16-47(17-5-1)48-30-32-49(33-31-48)63-44-51-18-10-11-19-52(51)45-64(63)50-34-38-59(39-35-50)73(60-40-41-62-61-26-12-13-29-67(61)74-68(62)46-60)66-28-15-21-54-43-56-37-36-55-42-53-20-14-27-65(69(53)71(55,56)70(54)66)72(57-22-6-2-7-23-57)58-24-8-3-9-25-58/h1-35,38-41,44-46,55-56H,36-37,42-43H2. The second kappa shape index (κ2) is 17.3. The number of hydrogen-bond acceptors (Lipinski definition) is 3. The van der Waals surface area contributed by atoms with Crippen LogP contribution in [0.5, 0.6) is 0 Å². The lowest BCUT2D eigenvalue weighted by molar-refractivity contribution is 0.350. The smallest absolute Gasteiger partial charge is 0.0505 e. The van der Waals surface area contributed by atoms with Crippen molar-refractivity contribution < 1.29 is 0 Å². The van der Waals surface area contributed by atoms with Gasteiger partial charge in [0.25, 0.3) is 0 Å². The van der Waals surface area contributed by atoms with Crippen LogP contribution in [0.25, 0.3) is 64.3 Å². The van der Waals surface area contributed by atoms with E-state index in [2.05, 4.69) is 265 Å². The van der Waals surface area contributed by atoms with E-state index in [-0.39, 0.29) is 5.41 Å². The highest BCUT2D eigenvalue weighted by atomic mass is 32.1. The molecule has 352 valence electrons. The highest BCUT2D eigenvalue weighted by Gasteiger charge is 2.62. The van der Waals surface area contributed by atoms with Crippen LogP contribution in [0.2, 0.25) is 0 Å². The zero-order valence-electron chi connectivity index (χ0n) is 41.0. The third kappa shape index (κ3) is 6.76. The average molecular weight is 965 g/mol. The van der Waals surface area contributed by atoms with Gasteiger partial charge in [-0.15, -0.1) is 11.3 Å². The maximum Gasteiger partial charge on any atom is 0.0505 e. The normalized spacial score (nSPS) is 17.3. The van der Waals surface area contributed by atoms with E-state index in [1.165, 1.54) is 128 Å². The third-order valence-electron chi connectivity index (χ3n) is 16.9. The van der Waals surface area contributed by atoms with E-state index in [0.717, 1.165) is 18.5 Å². The summed E-state index contributed by atoms with van der Waals surface area (Å²) in [6, 6.07) is 95.4. The van der Waals surface area contributed by atoms with Crippen molar-refractivity contribution in [1.82, 2.24) is 0 Å². The van der Waals surface area contributed by atoms with Crippen LogP contribution in [0.1, 0.15) is 35.1 Å². The largest absolute Gasteiger partial charge is 0.310 e. The molecule has 0 radical (unpaired) electrons. The monoisotopic (exact) mass is 964 g/mol. The Bertz CT molecular complexity index is 4040. The Labute approximate surface area is 437 Å². The fourth-order valence-electron chi connectivity index (χ4n) is 13.9. The molecule has 74 heavy (non-hydrogen) atoms. The quantitative estimate of drug-likeness (QED) is 0.142. The Balaban J connectivity index is 0.921. The summed E-state index contributed by atoms with van der Waals surface area (Å²) in [5, 5.41) is 5.12. The van der Waals surface area contributed by atoms with E-state index >= 15 is 0 Å². The van der Waals surface area contributed by atoms with Gasteiger partial charge in [0, 0.05) is 48.3 Å². The van der Waals surface area contributed by atoms with Crippen molar-refractivity contribution in [3.63, 3.8) is 0 Å². The molecule has 0 saturated heterocycles. The molecule has 15 rings (SSSR count). The molecule has 1 spiro atoms. The van der Waals surface area contributed by atoms with E-state index in [1.54, 1.807) is 0 Å². The van der Waals surface area contributed by atoms with E-state index in [4.69, 9.17) is 0 Å². The van der Waals surface area contributed by atoms with Gasteiger partial charge in [-0.2, -0.15) is 0 Å². The maximum atomic E-state index is 2.62. The van der Waals surface area contributed by atoms with Crippen LogP contribution in [0.15, 0.2) is 255 Å². The molecule has 3 aliphatic rings. The second-order valence-corrected chi connectivity index (χ2v) is 21.8. The molecule has 3 atom stereocenters. The molecule has 1 aromatic heterocycles. The number of fused-ring (bicyclic) bond motifs is 6. The Morgan fingerprint density at radius 3 is 1.38 bits per heavy atom. The fraction of sp³-hybridized carbons (Fsp3) is 0.0986. The molecule has 1 fully saturated rings. The van der Waals surface area contributed by atoms with Gasteiger partial charge in [-0.05, 0) is 183 Å². The van der Waals surface area contributed by atoms with E-state index in [1.807, 2.05) is 11.3 Å². The Hall–Kier alpha value is -8.50. The molecule has 2 nitrogen and oxygen atoms in total. The van der Waals surface area contributed by atoms with Crippen LogP contribution in [-0.2, 0) is 18.3 Å². The predicted molar refractivity (Wildman–Crippen MR) is 313 cm³/mol. The molecule has 12 aromatic rings. The van der Waals surface area contributed by atoms with E-state index < -0.39 is 0 Å². The minimum absolute atomic E-state index is 0.157. The van der Waals surface area contributed by atoms with E-state index in [9.17, 15) is 0 Å². The number of para-hydroxylation sites is 2. The Kier molecular flexibility index (Phi) is 10.1. The van der Waals surface area contributed by atoms with Crippen molar-refractivity contribution in [2.75, 3.05) is 9.80 Å². The lowest BCUT2D eigenvalue weighted by Crippen LogP contribution is -2.34. The first-order valence-corrected chi connectivity index (χ1v) is 27.1. The first-order chi connectivity index (χ1) is 36.7. The number of hydrogen-bond donors (Lipinski definition) is 0. The third-order valence-corrected chi connectivity index (χ3v) is 18.1. The van der Waals surface area contributed by atoms with Crippen molar-refractivity contribution in [3.05, 3.63) is 277 Å². The number of anilines is 6. The lowest BCUT2D eigenvalue weighted by atomic mass is 9.68. The molecule has 0 aliphatic heterocycles. The minimum Gasteiger partial charge on any atom is -0.310 e. The zero-order valence-corrected chi connectivity index (χ0v) is 41.9. The maximum absolute atomic E-state index is 2.62. The van der Waals surface area contributed by atoms with Crippen molar-refractivity contribution in [2.24, 2.45) is 11.8 Å². The van der Waals surface area contributed by atoms with Crippen molar-refractivity contribution in [1.29, 1.82) is 0 Å². The number of nitrogens with zero attached hydrogens (tertiary/aromatic N) is 2. The first-order valence-electron chi connectivity index (χ1n) is 26.3. The van der Waals surface area contributed by atoms with Gasteiger partial charge >= 0.3 is 0 Å². The van der Waals surface area contributed by atoms with E-state index in [0.29, 0.717) is 11.8 Å². The summed E-state index contributed by atoms with van der Waals surface area (Å²) in [7, 11) is 0. The van der Waals surface area contributed by atoms with Crippen LogP contribution >= 0.6 is 11.3 Å². The van der Waals surface area contributed by atoms with Gasteiger partial charge in [0.1, 0.15) is 0 Å². The Morgan fingerprint density at radius 1 is 0.338 bits per heavy atom. The van der Waals surface area contributed by atoms with Crippen LogP contribution in [-0.4, -0.2) is 0 Å². The molecule has 11 aromatic carbocycles. The van der Waals surface area contributed by atoms with Crippen LogP contribution < -0.4 is 9.80 Å². The summed E-state index contributed by atoms with van der Waals surface area (Å²) >= 11 is 1.90. The first kappa shape index (κ1) is 43.1. The molecule has 1 heterocycles. The summed E-state index contributed by atoms with van der Waals surface area (Å²) in [4.78, 5) is 5.16. The Morgan fingerprint density at radius 2 is 0.784 bits per heavy atom. The molecule has 0 bridgehead atoms. The summed E-state index contributed by atoms with van der Waals surface area (Å²) in [6.07, 6.45) is 4.64. The van der Waals surface area contributed by atoms with Gasteiger partial charge < -0.3 is 9.80 Å². The summed E-state index contributed by atoms with van der Waals surface area (Å²) in [5.74, 6) is 1.00. The fourth-order valence-corrected chi connectivity index (χ4v) is 15.0. The molecule has 3 heteroatoms. The molecule has 0 amide bonds. The molecule has 3 aliphatic carbocycles. The second-order valence-electron chi connectivity index (χ2n) is 20.7. The van der Waals surface area contributed by atoms with Gasteiger partial charge in [-0.1, -0.05) is 176 Å². The van der Waals surface area contributed by atoms with Crippen LogP contribution in [0.4, 0.5) is 34.1 Å². The molecule has 1 saturated carbocycles. The van der Waals surface area contributed by atoms with Gasteiger partial charge in [0.15, 0.2) is 0 Å². The topological polar surface area (TPSA) is 6.48 Å². The number of rotatable bonds is 9. The molecular weight excluding hydrogens is 913 g/mol.